The number of likely N-dealkylation sites (tertiary alicyclic amines) is 1. The molecule has 2 heterocycles. The van der Waals surface area contributed by atoms with Gasteiger partial charge in [0.25, 0.3) is 0 Å². The van der Waals surface area contributed by atoms with Gasteiger partial charge in [0, 0.05) is 26.2 Å². The quantitative estimate of drug-likeness (QED) is 0.788. The van der Waals surface area contributed by atoms with Crippen molar-refractivity contribution < 1.29 is 9.47 Å². The summed E-state index contributed by atoms with van der Waals surface area (Å²) in [7, 11) is 1.83. The predicted octanol–water partition coefficient (Wildman–Crippen LogP) is 0.722. The van der Waals surface area contributed by atoms with Crippen LogP contribution in [0.25, 0.3) is 0 Å². The molecule has 0 aromatic rings. The first kappa shape index (κ1) is 13.3. The second kappa shape index (κ2) is 6.69. The third-order valence-corrected chi connectivity index (χ3v) is 4.07. The molecular formula is C13H26N2O2. The molecule has 17 heavy (non-hydrogen) atoms. The lowest BCUT2D eigenvalue weighted by atomic mass is 9.95. The summed E-state index contributed by atoms with van der Waals surface area (Å²) in [4.78, 5) is 2.53. The highest BCUT2D eigenvalue weighted by atomic mass is 16.5. The van der Waals surface area contributed by atoms with E-state index >= 15 is 0 Å². The third-order valence-electron chi connectivity index (χ3n) is 4.07. The standard InChI is InChI=1S/C13H26N2O2/c1-11-3-6-15(9-13(11)16-2)7-4-12-10-17-8-5-14-12/h11-14H,3-10H2,1-2H3. The molecule has 2 saturated heterocycles. The van der Waals surface area contributed by atoms with Crippen molar-refractivity contribution in [2.45, 2.75) is 31.9 Å². The van der Waals surface area contributed by atoms with Gasteiger partial charge >= 0.3 is 0 Å². The van der Waals surface area contributed by atoms with E-state index in [1.165, 1.54) is 19.4 Å². The van der Waals surface area contributed by atoms with Crippen LogP contribution in [0.5, 0.6) is 0 Å². The summed E-state index contributed by atoms with van der Waals surface area (Å²) in [6, 6.07) is 0.545. The van der Waals surface area contributed by atoms with Gasteiger partial charge in [-0.1, -0.05) is 6.92 Å². The van der Waals surface area contributed by atoms with Crippen molar-refractivity contribution in [3.8, 4) is 0 Å². The van der Waals surface area contributed by atoms with Gasteiger partial charge < -0.3 is 19.7 Å². The summed E-state index contributed by atoms with van der Waals surface area (Å²) in [5.41, 5.74) is 0. The summed E-state index contributed by atoms with van der Waals surface area (Å²) < 4.78 is 11.0. The molecule has 0 radical (unpaired) electrons. The maximum atomic E-state index is 5.54. The van der Waals surface area contributed by atoms with E-state index in [1.807, 2.05) is 7.11 Å². The zero-order valence-corrected chi connectivity index (χ0v) is 11.2. The van der Waals surface area contributed by atoms with E-state index in [-0.39, 0.29) is 0 Å². The van der Waals surface area contributed by atoms with Crippen LogP contribution in [0.3, 0.4) is 0 Å². The first-order chi connectivity index (χ1) is 8.29. The molecule has 2 rings (SSSR count). The molecule has 2 fully saturated rings. The summed E-state index contributed by atoms with van der Waals surface area (Å²) in [5.74, 6) is 0.701. The number of hydrogen-bond acceptors (Lipinski definition) is 4. The van der Waals surface area contributed by atoms with E-state index in [1.54, 1.807) is 0 Å². The van der Waals surface area contributed by atoms with Crippen LogP contribution in [0.2, 0.25) is 0 Å². The first-order valence-electron chi connectivity index (χ1n) is 6.86. The molecule has 4 heteroatoms. The van der Waals surface area contributed by atoms with Crippen molar-refractivity contribution in [2.75, 3.05) is 46.5 Å². The fourth-order valence-corrected chi connectivity index (χ4v) is 2.75. The highest BCUT2D eigenvalue weighted by molar-refractivity contribution is 4.80. The van der Waals surface area contributed by atoms with Crippen LogP contribution < -0.4 is 5.32 Å². The molecule has 3 unspecified atom stereocenters. The normalized spacial score (nSPS) is 36.0. The zero-order valence-electron chi connectivity index (χ0n) is 11.2. The Morgan fingerprint density at radius 3 is 3.06 bits per heavy atom. The minimum absolute atomic E-state index is 0.416. The Hall–Kier alpha value is -0.160. The van der Waals surface area contributed by atoms with E-state index < -0.39 is 0 Å². The Balaban J connectivity index is 1.68. The van der Waals surface area contributed by atoms with E-state index in [0.29, 0.717) is 18.1 Å². The largest absolute Gasteiger partial charge is 0.380 e. The van der Waals surface area contributed by atoms with Crippen LogP contribution in [0.1, 0.15) is 19.8 Å². The zero-order chi connectivity index (χ0) is 12.1. The Morgan fingerprint density at radius 1 is 1.47 bits per heavy atom. The molecule has 1 N–H and O–H groups in total. The maximum absolute atomic E-state index is 5.54. The molecule has 0 aliphatic carbocycles. The van der Waals surface area contributed by atoms with Crippen molar-refractivity contribution in [3.05, 3.63) is 0 Å². The second-order valence-electron chi connectivity index (χ2n) is 5.36. The lowest BCUT2D eigenvalue weighted by Gasteiger charge is -2.37. The fraction of sp³-hybridized carbons (Fsp3) is 1.00. The number of morpholine rings is 1. The van der Waals surface area contributed by atoms with Gasteiger partial charge in [-0.2, -0.15) is 0 Å². The van der Waals surface area contributed by atoms with Crippen molar-refractivity contribution in [2.24, 2.45) is 5.92 Å². The molecule has 100 valence electrons. The summed E-state index contributed by atoms with van der Waals surface area (Å²) in [6.45, 7) is 8.50. The van der Waals surface area contributed by atoms with Gasteiger partial charge in [0.05, 0.1) is 19.3 Å². The lowest BCUT2D eigenvalue weighted by Crippen LogP contribution is -2.47. The fourth-order valence-electron chi connectivity index (χ4n) is 2.75. The topological polar surface area (TPSA) is 33.7 Å². The lowest BCUT2D eigenvalue weighted by molar-refractivity contribution is -0.00797. The van der Waals surface area contributed by atoms with Gasteiger partial charge in [-0.3, -0.25) is 0 Å². The van der Waals surface area contributed by atoms with Gasteiger partial charge in [0.15, 0.2) is 0 Å². The summed E-state index contributed by atoms with van der Waals surface area (Å²) in [6.07, 6.45) is 2.86. The monoisotopic (exact) mass is 242 g/mol. The first-order valence-corrected chi connectivity index (χ1v) is 6.86. The smallest absolute Gasteiger partial charge is 0.0724 e. The number of hydrogen-bond donors (Lipinski definition) is 1. The molecule has 0 aromatic heterocycles. The second-order valence-corrected chi connectivity index (χ2v) is 5.36. The molecule has 3 atom stereocenters. The van der Waals surface area contributed by atoms with Crippen LogP contribution in [-0.4, -0.2) is 63.5 Å². The molecule has 0 saturated carbocycles. The number of rotatable bonds is 4. The van der Waals surface area contributed by atoms with Gasteiger partial charge in [-0.25, -0.2) is 0 Å². The Morgan fingerprint density at radius 2 is 2.35 bits per heavy atom. The van der Waals surface area contributed by atoms with E-state index in [2.05, 4.69) is 17.1 Å². The van der Waals surface area contributed by atoms with Crippen molar-refractivity contribution >= 4 is 0 Å². The molecule has 2 aliphatic heterocycles. The van der Waals surface area contributed by atoms with Crippen LogP contribution in [-0.2, 0) is 9.47 Å². The van der Waals surface area contributed by atoms with Crippen LogP contribution in [0.15, 0.2) is 0 Å². The van der Waals surface area contributed by atoms with E-state index in [9.17, 15) is 0 Å². The number of piperidine rings is 1. The molecular weight excluding hydrogens is 216 g/mol. The summed E-state index contributed by atoms with van der Waals surface area (Å²) >= 11 is 0. The highest BCUT2D eigenvalue weighted by Crippen LogP contribution is 2.19. The predicted molar refractivity (Wildman–Crippen MR) is 68.2 cm³/mol. The van der Waals surface area contributed by atoms with Crippen molar-refractivity contribution in [1.29, 1.82) is 0 Å². The number of ether oxygens (including phenoxy) is 2. The molecule has 0 aromatic carbocycles. The molecule has 0 bridgehead atoms. The number of nitrogens with one attached hydrogen (secondary N) is 1. The molecule has 2 aliphatic rings. The SMILES string of the molecule is COC1CN(CCC2COCCN2)CCC1C. The van der Waals surface area contributed by atoms with Crippen LogP contribution in [0, 0.1) is 5.92 Å². The third kappa shape index (κ3) is 3.91. The highest BCUT2D eigenvalue weighted by Gasteiger charge is 2.26. The Labute approximate surface area is 105 Å². The number of methoxy groups -OCH3 is 1. The Kier molecular flexibility index (Phi) is 5.22. The van der Waals surface area contributed by atoms with Gasteiger partial charge in [-0.15, -0.1) is 0 Å². The van der Waals surface area contributed by atoms with Crippen molar-refractivity contribution in [3.63, 3.8) is 0 Å². The van der Waals surface area contributed by atoms with Gasteiger partial charge in [-0.05, 0) is 31.8 Å². The van der Waals surface area contributed by atoms with E-state index in [4.69, 9.17) is 9.47 Å². The number of nitrogens with zero attached hydrogens (tertiary/aromatic N) is 1. The maximum Gasteiger partial charge on any atom is 0.0724 e. The minimum Gasteiger partial charge on any atom is -0.380 e. The average molecular weight is 242 g/mol. The van der Waals surface area contributed by atoms with Crippen LogP contribution in [0.4, 0.5) is 0 Å². The molecule has 4 nitrogen and oxygen atoms in total. The average Bonchev–Trinajstić information content (AvgIpc) is 2.39. The Bertz CT molecular complexity index is 219. The van der Waals surface area contributed by atoms with Gasteiger partial charge in [0.2, 0.25) is 0 Å². The molecule has 0 spiro atoms. The van der Waals surface area contributed by atoms with Crippen LogP contribution >= 0.6 is 0 Å². The van der Waals surface area contributed by atoms with Crippen molar-refractivity contribution in [1.82, 2.24) is 10.2 Å². The van der Waals surface area contributed by atoms with Gasteiger partial charge in [0.1, 0.15) is 0 Å². The minimum atomic E-state index is 0.416. The molecule has 0 amide bonds. The van der Waals surface area contributed by atoms with E-state index in [0.717, 1.165) is 32.8 Å². The summed E-state index contributed by atoms with van der Waals surface area (Å²) in [5, 5.41) is 3.51.